The van der Waals surface area contributed by atoms with E-state index in [4.69, 9.17) is 4.74 Å². The zero-order chi connectivity index (χ0) is 23.8. The molecule has 4 aromatic rings. The number of amides is 1. The van der Waals surface area contributed by atoms with Crippen LogP contribution in [0.3, 0.4) is 0 Å². The van der Waals surface area contributed by atoms with Gasteiger partial charge in [0.05, 0.1) is 22.0 Å². The van der Waals surface area contributed by atoms with Crippen molar-refractivity contribution in [1.82, 2.24) is 14.5 Å². The predicted octanol–water partition coefficient (Wildman–Crippen LogP) is 3.65. The third-order valence-corrected chi connectivity index (χ3v) is 6.61. The first-order chi connectivity index (χ1) is 16.4. The number of fused-ring (bicyclic) bond motifs is 1. The Kier molecular flexibility index (Phi) is 5.62. The van der Waals surface area contributed by atoms with Gasteiger partial charge in [0.25, 0.3) is 5.91 Å². The van der Waals surface area contributed by atoms with E-state index in [1.54, 1.807) is 46.7 Å². The standard InChI is InChI=1S/C25H22N4O4S/c1-15-12-26-25(32)29(15)20-6-3-17(4-7-20)24(31)33-13-23(30)28-10-9-19-11-18(5-8-22(19)28)21-14-34-16(2)27-21/h3-8,11-12,14H,9-10,13H2,1-2H3,(H,26,32). The van der Waals surface area contributed by atoms with E-state index in [1.807, 2.05) is 31.4 Å². The highest BCUT2D eigenvalue weighted by atomic mass is 32.1. The molecule has 0 spiro atoms. The van der Waals surface area contributed by atoms with Gasteiger partial charge in [0.1, 0.15) is 0 Å². The van der Waals surface area contributed by atoms with E-state index in [2.05, 4.69) is 16.0 Å². The minimum Gasteiger partial charge on any atom is -0.452 e. The molecule has 1 N–H and O–H groups in total. The van der Waals surface area contributed by atoms with E-state index < -0.39 is 5.97 Å². The van der Waals surface area contributed by atoms with Gasteiger partial charge in [-0.1, -0.05) is 6.07 Å². The van der Waals surface area contributed by atoms with Crippen LogP contribution in [0.4, 0.5) is 5.69 Å². The number of imidazole rings is 1. The molecule has 34 heavy (non-hydrogen) atoms. The summed E-state index contributed by atoms with van der Waals surface area (Å²) in [7, 11) is 0. The van der Waals surface area contributed by atoms with Crippen LogP contribution in [0.5, 0.6) is 0 Å². The summed E-state index contributed by atoms with van der Waals surface area (Å²) in [5.41, 5.74) is 5.34. The molecule has 1 amide bonds. The number of carbonyl (C=O) groups excluding carboxylic acids is 2. The van der Waals surface area contributed by atoms with Crippen molar-refractivity contribution in [3.05, 3.63) is 86.4 Å². The van der Waals surface area contributed by atoms with Gasteiger partial charge in [0.2, 0.25) is 0 Å². The zero-order valence-electron chi connectivity index (χ0n) is 18.7. The fraction of sp³-hybridized carbons (Fsp3) is 0.200. The van der Waals surface area contributed by atoms with Crippen LogP contribution in [0.25, 0.3) is 16.9 Å². The van der Waals surface area contributed by atoms with Crippen molar-refractivity contribution in [1.29, 1.82) is 0 Å². The largest absolute Gasteiger partial charge is 0.452 e. The molecule has 1 aliphatic heterocycles. The summed E-state index contributed by atoms with van der Waals surface area (Å²) in [6.45, 7) is 3.99. The Labute approximate surface area is 199 Å². The number of hydrogen-bond donors (Lipinski definition) is 1. The molecule has 0 radical (unpaired) electrons. The number of nitrogens with zero attached hydrogens (tertiary/aromatic N) is 3. The molecule has 5 rings (SSSR count). The SMILES string of the molecule is Cc1nc(-c2ccc3c(c2)CCN3C(=O)COC(=O)c2ccc(-n3c(C)c[nH]c3=O)cc2)cs1. The van der Waals surface area contributed by atoms with E-state index in [0.29, 0.717) is 17.8 Å². The molecule has 2 aromatic carbocycles. The van der Waals surface area contributed by atoms with E-state index in [0.717, 1.165) is 39.6 Å². The van der Waals surface area contributed by atoms with E-state index >= 15 is 0 Å². The van der Waals surface area contributed by atoms with Crippen LogP contribution in [0.2, 0.25) is 0 Å². The van der Waals surface area contributed by atoms with Gasteiger partial charge in [-0.25, -0.2) is 14.6 Å². The Balaban J connectivity index is 1.23. The Morgan fingerprint density at radius 3 is 2.62 bits per heavy atom. The molecule has 0 saturated carbocycles. The van der Waals surface area contributed by atoms with E-state index in [9.17, 15) is 14.4 Å². The van der Waals surface area contributed by atoms with Gasteiger partial charge in [-0.05, 0) is 62.2 Å². The van der Waals surface area contributed by atoms with Crippen LogP contribution in [0, 0.1) is 13.8 Å². The molecular formula is C25H22N4O4S. The molecule has 1 aliphatic rings. The van der Waals surface area contributed by atoms with Crippen LogP contribution >= 0.6 is 11.3 Å². The summed E-state index contributed by atoms with van der Waals surface area (Å²) in [4.78, 5) is 46.0. The molecule has 3 heterocycles. The first-order valence-corrected chi connectivity index (χ1v) is 11.7. The number of aromatic nitrogens is 3. The maximum atomic E-state index is 12.8. The highest BCUT2D eigenvalue weighted by Gasteiger charge is 2.26. The number of aromatic amines is 1. The number of ether oxygens (including phenoxy) is 1. The van der Waals surface area contributed by atoms with Crippen LogP contribution in [0.15, 0.2) is 58.8 Å². The van der Waals surface area contributed by atoms with Crippen LogP contribution in [-0.2, 0) is 16.0 Å². The van der Waals surface area contributed by atoms with Crippen LogP contribution in [-0.4, -0.2) is 39.6 Å². The van der Waals surface area contributed by atoms with Gasteiger partial charge < -0.3 is 14.6 Å². The van der Waals surface area contributed by atoms with Crippen molar-refractivity contribution in [2.75, 3.05) is 18.1 Å². The Hall–Kier alpha value is -3.98. The lowest BCUT2D eigenvalue weighted by Gasteiger charge is -2.17. The second-order valence-corrected chi connectivity index (χ2v) is 9.15. The molecule has 0 aliphatic carbocycles. The zero-order valence-corrected chi connectivity index (χ0v) is 19.5. The van der Waals surface area contributed by atoms with Crippen molar-refractivity contribution in [2.45, 2.75) is 20.3 Å². The highest BCUT2D eigenvalue weighted by molar-refractivity contribution is 7.09. The van der Waals surface area contributed by atoms with Gasteiger partial charge in [0, 0.05) is 35.1 Å². The van der Waals surface area contributed by atoms with Crippen molar-refractivity contribution < 1.29 is 14.3 Å². The predicted molar refractivity (Wildman–Crippen MR) is 130 cm³/mol. The lowest BCUT2D eigenvalue weighted by atomic mass is 10.1. The Bertz CT molecular complexity index is 1450. The monoisotopic (exact) mass is 474 g/mol. The smallest absolute Gasteiger partial charge is 0.338 e. The summed E-state index contributed by atoms with van der Waals surface area (Å²) in [5, 5.41) is 3.04. The van der Waals surface area contributed by atoms with Crippen molar-refractivity contribution in [2.24, 2.45) is 0 Å². The number of nitrogens with one attached hydrogen (secondary N) is 1. The minimum atomic E-state index is -0.591. The number of aryl methyl sites for hydroxylation is 2. The highest BCUT2D eigenvalue weighted by Crippen LogP contribution is 2.32. The maximum absolute atomic E-state index is 12.8. The molecule has 0 fully saturated rings. The number of H-pyrrole nitrogens is 1. The fourth-order valence-corrected chi connectivity index (χ4v) is 4.75. The van der Waals surface area contributed by atoms with Gasteiger partial charge in [-0.15, -0.1) is 11.3 Å². The number of thiazole rings is 1. The topological polar surface area (TPSA) is 97.3 Å². The average Bonchev–Trinajstić information content (AvgIpc) is 3.55. The van der Waals surface area contributed by atoms with Gasteiger partial charge in [-0.2, -0.15) is 0 Å². The molecule has 172 valence electrons. The van der Waals surface area contributed by atoms with E-state index in [-0.39, 0.29) is 18.2 Å². The Morgan fingerprint density at radius 2 is 1.94 bits per heavy atom. The van der Waals surface area contributed by atoms with Gasteiger partial charge >= 0.3 is 11.7 Å². The molecule has 2 aromatic heterocycles. The van der Waals surface area contributed by atoms with Crippen molar-refractivity contribution in [3.63, 3.8) is 0 Å². The molecule has 0 saturated heterocycles. The number of benzene rings is 2. The number of anilines is 1. The Morgan fingerprint density at radius 1 is 1.15 bits per heavy atom. The van der Waals surface area contributed by atoms with Crippen LogP contribution in [0.1, 0.15) is 26.6 Å². The summed E-state index contributed by atoms with van der Waals surface area (Å²) >= 11 is 1.61. The summed E-state index contributed by atoms with van der Waals surface area (Å²) in [5.74, 6) is -0.859. The third kappa shape index (κ3) is 4.06. The number of hydrogen-bond acceptors (Lipinski definition) is 6. The molecule has 8 nitrogen and oxygen atoms in total. The number of esters is 1. The molecule has 0 unspecified atom stereocenters. The minimum absolute atomic E-state index is 0.252. The first-order valence-electron chi connectivity index (χ1n) is 10.8. The molecular weight excluding hydrogens is 452 g/mol. The molecule has 0 bridgehead atoms. The maximum Gasteiger partial charge on any atom is 0.338 e. The average molecular weight is 475 g/mol. The normalized spacial score (nSPS) is 12.6. The lowest BCUT2D eigenvalue weighted by molar-refractivity contribution is -0.121. The van der Waals surface area contributed by atoms with E-state index in [1.165, 1.54) is 4.57 Å². The second-order valence-electron chi connectivity index (χ2n) is 8.08. The lowest BCUT2D eigenvalue weighted by Crippen LogP contribution is -2.33. The fourth-order valence-electron chi connectivity index (χ4n) is 4.13. The van der Waals surface area contributed by atoms with Crippen molar-refractivity contribution in [3.8, 4) is 16.9 Å². The summed E-state index contributed by atoms with van der Waals surface area (Å²) in [6, 6.07) is 12.4. The first kappa shape index (κ1) is 21.8. The third-order valence-electron chi connectivity index (χ3n) is 5.84. The quantitative estimate of drug-likeness (QED) is 0.446. The summed E-state index contributed by atoms with van der Waals surface area (Å²) in [6.07, 6.45) is 2.36. The van der Waals surface area contributed by atoms with Gasteiger partial charge in [-0.3, -0.25) is 9.36 Å². The van der Waals surface area contributed by atoms with Gasteiger partial charge in [0.15, 0.2) is 6.61 Å². The van der Waals surface area contributed by atoms with Crippen LogP contribution < -0.4 is 10.6 Å². The molecule has 9 heteroatoms. The molecule has 0 atom stereocenters. The number of carbonyl (C=O) groups is 2. The second kappa shape index (κ2) is 8.75. The summed E-state index contributed by atoms with van der Waals surface area (Å²) < 4.78 is 6.78. The number of rotatable bonds is 5. The van der Waals surface area contributed by atoms with Crippen molar-refractivity contribution >= 4 is 28.9 Å².